The lowest BCUT2D eigenvalue weighted by atomic mass is 10.1. The summed E-state index contributed by atoms with van der Waals surface area (Å²) in [5.41, 5.74) is 0.705. The number of nitrogens with zero attached hydrogens (tertiary/aromatic N) is 2. The Morgan fingerprint density at radius 1 is 1.26 bits per heavy atom. The van der Waals surface area contributed by atoms with Crippen LogP contribution in [0.15, 0.2) is 46.5 Å². The maximum atomic E-state index is 13.3. The molecule has 9 heteroatoms. The van der Waals surface area contributed by atoms with Crippen LogP contribution in [0.5, 0.6) is 0 Å². The van der Waals surface area contributed by atoms with E-state index in [-0.39, 0.29) is 22.6 Å². The molecule has 1 unspecified atom stereocenters. The molecule has 1 aliphatic rings. The minimum absolute atomic E-state index is 0.0696. The van der Waals surface area contributed by atoms with Crippen LogP contribution in [0.3, 0.4) is 0 Å². The zero-order valence-corrected chi connectivity index (χ0v) is 12.7. The molecule has 23 heavy (non-hydrogen) atoms. The fraction of sp³-hybridized carbons (Fsp3) is 0.143. The van der Waals surface area contributed by atoms with Crippen LogP contribution in [0, 0.1) is 11.6 Å². The Hall–Kier alpha value is -2.55. The number of halogens is 2. The van der Waals surface area contributed by atoms with E-state index in [9.17, 15) is 17.2 Å². The van der Waals surface area contributed by atoms with Gasteiger partial charge in [-0.05, 0) is 24.6 Å². The molecule has 6 nitrogen and oxygen atoms in total. The first-order chi connectivity index (χ1) is 10.9. The molecule has 1 atom stereocenters. The summed E-state index contributed by atoms with van der Waals surface area (Å²) in [5, 5.41) is 2.65. The molecular formula is C14H12F2N4O2S. The normalized spacial score (nSPS) is 18.7. The van der Waals surface area contributed by atoms with Gasteiger partial charge in [-0.25, -0.2) is 26.9 Å². The molecule has 0 bridgehead atoms. The second-order valence-corrected chi connectivity index (χ2v) is 6.58. The number of aliphatic imine (C=N–C) groups is 1. The zero-order chi connectivity index (χ0) is 16.6. The second kappa shape index (κ2) is 5.58. The molecule has 0 amide bonds. The van der Waals surface area contributed by atoms with Crippen LogP contribution in [0.4, 0.5) is 14.5 Å². The molecule has 1 aliphatic heterocycles. The van der Waals surface area contributed by atoms with Gasteiger partial charge in [-0.1, -0.05) is 6.07 Å². The summed E-state index contributed by atoms with van der Waals surface area (Å²) < 4.78 is 53.0. The number of guanidine groups is 1. The number of hydrogen-bond donors (Lipinski definition) is 2. The summed E-state index contributed by atoms with van der Waals surface area (Å²) in [6.45, 7) is 1.75. The van der Waals surface area contributed by atoms with Crippen LogP contribution in [0.2, 0.25) is 0 Å². The maximum Gasteiger partial charge on any atom is 0.266 e. The summed E-state index contributed by atoms with van der Waals surface area (Å²) in [6.07, 6.45) is 3.22. The first-order valence-electron chi connectivity index (χ1n) is 6.63. The maximum absolute atomic E-state index is 13.3. The SMILES string of the molecule is CC(N=C1Nc2cc(F)c(F)cc2S(=O)(=O)N1)c1cccnc1. The standard InChI is InChI=1S/C14H12F2N4O2S/c1-8(9-3-2-4-17-7-9)18-14-19-12-5-10(15)11(16)6-13(12)23(21,22)20-14/h2-8H,1H3,(H2,18,19,20). The molecule has 1 aromatic heterocycles. The Morgan fingerprint density at radius 3 is 2.70 bits per heavy atom. The topological polar surface area (TPSA) is 83.5 Å². The van der Waals surface area contributed by atoms with E-state index in [1.807, 2.05) is 0 Å². The van der Waals surface area contributed by atoms with E-state index in [4.69, 9.17) is 0 Å². The molecule has 2 aromatic rings. The molecule has 2 heterocycles. The Morgan fingerprint density at radius 2 is 2.00 bits per heavy atom. The lowest BCUT2D eigenvalue weighted by Crippen LogP contribution is -2.41. The van der Waals surface area contributed by atoms with E-state index in [2.05, 4.69) is 20.0 Å². The summed E-state index contributed by atoms with van der Waals surface area (Å²) in [6, 6.07) is 4.55. The molecule has 120 valence electrons. The van der Waals surface area contributed by atoms with Gasteiger partial charge in [0.25, 0.3) is 10.0 Å². The quantitative estimate of drug-likeness (QED) is 0.879. The van der Waals surface area contributed by atoms with Gasteiger partial charge in [0.1, 0.15) is 4.90 Å². The lowest BCUT2D eigenvalue weighted by Gasteiger charge is -2.22. The molecule has 0 aliphatic carbocycles. The molecular weight excluding hydrogens is 326 g/mol. The number of anilines is 1. The molecule has 0 spiro atoms. The van der Waals surface area contributed by atoms with Gasteiger partial charge >= 0.3 is 0 Å². The molecule has 1 aromatic carbocycles. The van der Waals surface area contributed by atoms with E-state index in [1.54, 1.807) is 31.5 Å². The average molecular weight is 338 g/mol. The van der Waals surface area contributed by atoms with Crippen molar-refractivity contribution in [2.75, 3.05) is 5.32 Å². The van der Waals surface area contributed by atoms with Crippen LogP contribution in [0.25, 0.3) is 0 Å². The number of nitrogens with one attached hydrogen (secondary N) is 2. The molecule has 0 saturated heterocycles. The molecule has 0 saturated carbocycles. The van der Waals surface area contributed by atoms with Crippen molar-refractivity contribution < 1.29 is 17.2 Å². The third-order valence-electron chi connectivity index (χ3n) is 3.29. The van der Waals surface area contributed by atoms with Gasteiger partial charge in [-0.3, -0.25) is 4.98 Å². The van der Waals surface area contributed by atoms with Crippen molar-refractivity contribution in [3.63, 3.8) is 0 Å². The van der Waals surface area contributed by atoms with Crippen molar-refractivity contribution in [2.24, 2.45) is 4.99 Å². The highest BCUT2D eigenvalue weighted by molar-refractivity contribution is 7.90. The number of benzene rings is 1. The minimum Gasteiger partial charge on any atom is -0.324 e. The summed E-state index contributed by atoms with van der Waals surface area (Å²) >= 11 is 0. The smallest absolute Gasteiger partial charge is 0.266 e. The highest BCUT2D eigenvalue weighted by Gasteiger charge is 2.28. The zero-order valence-electron chi connectivity index (χ0n) is 11.9. The van der Waals surface area contributed by atoms with Crippen molar-refractivity contribution in [2.45, 2.75) is 17.9 Å². The minimum atomic E-state index is -4.02. The molecule has 0 fully saturated rings. The van der Waals surface area contributed by atoms with Crippen molar-refractivity contribution in [1.29, 1.82) is 0 Å². The van der Waals surface area contributed by atoms with Crippen LogP contribution >= 0.6 is 0 Å². The van der Waals surface area contributed by atoms with Gasteiger partial charge in [0.15, 0.2) is 11.6 Å². The third-order valence-corrected chi connectivity index (χ3v) is 4.66. The second-order valence-electron chi connectivity index (χ2n) is 4.93. The van der Waals surface area contributed by atoms with Crippen molar-refractivity contribution >= 4 is 21.7 Å². The van der Waals surface area contributed by atoms with Gasteiger partial charge in [0, 0.05) is 18.5 Å². The highest BCUT2D eigenvalue weighted by Crippen LogP contribution is 2.28. The Bertz CT molecular complexity index is 885. The predicted octanol–water partition coefficient (Wildman–Crippen LogP) is 2.18. The van der Waals surface area contributed by atoms with Crippen LogP contribution in [-0.2, 0) is 10.0 Å². The number of hydrogen-bond acceptors (Lipinski definition) is 4. The Labute approximate surface area is 131 Å². The van der Waals surface area contributed by atoms with Gasteiger partial charge in [0.2, 0.25) is 5.96 Å². The van der Waals surface area contributed by atoms with Gasteiger partial charge in [-0.2, -0.15) is 0 Å². The first-order valence-corrected chi connectivity index (χ1v) is 8.12. The highest BCUT2D eigenvalue weighted by atomic mass is 32.2. The van der Waals surface area contributed by atoms with E-state index < -0.39 is 21.7 Å². The van der Waals surface area contributed by atoms with Crippen LogP contribution < -0.4 is 10.0 Å². The largest absolute Gasteiger partial charge is 0.324 e. The van der Waals surface area contributed by atoms with E-state index >= 15 is 0 Å². The Balaban J connectivity index is 1.98. The van der Waals surface area contributed by atoms with Crippen LogP contribution in [-0.4, -0.2) is 19.4 Å². The number of fused-ring (bicyclic) bond motifs is 1. The van der Waals surface area contributed by atoms with Gasteiger partial charge in [-0.15, -0.1) is 0 Å². The van der Waals surface area contributed by atoms with E-state index in [0.717, 1.165) is 11.6 Å². The van der Waals surface area contributed by atoms with Gasteiger partial charge < -0.3 is 5.32 Å². The third kappa shape index (κ3) is 3.00. The average Bonchev–Trinajstić information content (AvgIpc) is 2.50. The number of aromatic nitrogens is 1. The van der Waals surface area contributed by atoms with Crippen molar-refractivity contribution in [3.8, 4) is 0 Å². The van der Waals surface area contributed by atoms with E-state index in [1.165, 1.54) is 0 Å². The predicted molar refractivity (Wildman–Crippen MR) is 80.4 cm³/mol. The fourth-order valence-electron chi connectivity index (χ4n) is 2.13. The molecule has 2 N–H and O–H groups in total. The summed E-state index contributed by atoms with van der Waals surface area (Å²) in [5.74, 6) is -2.45. The number of pyridine rings is 1. The summed E-state index contributed by atoms with van der Waals surface area (Å²) in [7, 11) is -4.02. The lowest BCUT2D eigenvalue weighted by molar-refractivity contribution is 0.505. The first kappa shape index (κ1) is 15.3. The fourth-order valence-corrected chi connectivity index (χ4v) is 3.26. The van der Waals surface area contributed by atoms with Crippen molar-refractivity contribution in [1.82, 2.24) is 9.71 Å². The Kier molecular flexibility index (Phi) is 3.72. The number of rotatable bonds is 2. The summed E-state index contributed by atoms with van der Waals surface area (Å²) in [4.78, 5) is 7.81. The van der Waals surface area contributed by atoms with Gasteiger partial charge in [0.05, 0.1) is 11.7 Å². The van der Waals surface area contributed by atoms with Crippen molar-refractivity contribution in [3.05, 3.63) is 53.9 Å². The van der Waals surface area contributed by atoms with E-state index in [0.29, 0.717) is 6.07 Å². The molecule has 0 radical (unpaired) electrons. The number of sulfonamides is 1. The van der Waals surface area contributed by atoms with Crippen LogP contribution in [0.1, 0.15) is 18.5 Å². The molecule has 3 rings (SSSR count). The monoisotopic (exact) mass is 338 g/mol.